The molecule has 0 aliphatic rings. The van der Waals surface area contributed by atoms with Crippen molar-refractivity contribution in [3.63, 3.8) is 0 Å². The van der Waals surface area contributed by atoms with Crippen molar-refractivity contribution in [2.24, 2.45) is 0 Å². The van der Waals surface area contributed by atoms with E-state index in [2.05, 4.69) is 43.3 Å². The van der Waals surface area contributed by atoms with Crippen molar-refractivity contribution < 1.29 is 0 Å². The van der Waals surface area contributed by atoms with Crippen LogP contribution in [-0.4, -0.2) is 5.75 Å². The molecule has 0 heterocycles. The molecule has 0 aliphatic heterocycles. The molecule has 0 radical (unpaired) electrons. The second kappa shape index (κ2) is 5.90. The van der Waals surface area contributed by atoms with Crippen LogP contribution in [-0.2, 0) is 0 Å². The summed E-state index contributed by atoms with van der Waals surface area (Å²) in [5, 5.41) is 0. The molecular formula is C11H14S. The molecule has 0 saturated carbocycles. The third-order valence-electron chi connectivity index (χ3n) is 1.49. The van der Waals surface area contributed by atoms with Crippen LogP contribution in [0.1, 0.15) is 13.3 Å². The number of hydrogen-bond donors (Lipinski definition) is 0. The summed E-state index contributed by atoms with van der Waals surface area (Å²) >= 11 is 1.87. The molecule has 0 unspecified atom stereocenters. The highest BCUT2D eigenvalue weighted by atomic mass is 32.2. The standard InChI is InChI=1S/C11H14S/c1-2-3-7-10-12-11-8-5-4-6-9-11/h3-9H,2,10H2,1H3/b7-3+. The highest BCUT2D eigenvalue weighted by Crippen LogP contribution is 2.16. The van der Waals surface area contributed by atoms with Crippen molar-refractivity contribution in [1.29, 1.82) is 0 Å². The van der Waals surface area contributed by atoms with Crippen LogP contribution in [0, 0.1) is 0 Å². The third kappa shape index (κ3) is 3.63. The van der Waals surface area contributed by atoms with Crippen LogP contribution in [0.2, 0.25) is 0 Å². The van der Waals surface area contributed by atoms with Gasteiger partial charge in [0.25, 0.3) is 0 Å². The molecule has 0 aromatic heterocycles. The van der Waals surface area contributed by atoms with Gasteiger partial charge in [0, 0.05) is 10.6 Å². The summed E-state index contributed by atoms with van der Waals surface area (Å²) in [5.41, 5.74) is 0. The third-order valence-corrected chi connectivity index (χ3v) is 2.46. The molecule has 1 rings (SSSR count). The topological polar surface area (TPSA) is 0 Å². The number of benzene rings is 1. The zero-order chi connectivity index (χ0) is 8.65. The van der Waals surface area contributed by atoms with Gasteiger partial charge < -0.3 is 0 Å². The van der Waals surface area contributed by atoms with Crippen molar-refractivity contribution in [2.45, 2.75) is 18.2 Å². The average Bonchev–Trinajstić information content (AvgIpc) is 2.14. The van der Waals surface area contributed by atoms with Gasteiger partial charge in [0.2, 0.25) is 0 Å². The SMILES string of the molecule is CC/C=C/CSc1ccccc1. The van der Waals surface area contributed by atoms with Crippen LogP contribution in [0.4, 0.5) is 0 Å². The molecule has 1 heteroatoms. The summed E-state index contributed by atoms with van der Waals surface area (Å²) in [6.45, 7) is 2.16. The molecule has 0 amide bonds. The maximum absolute atomic E-state index is 2.22. The lowest BCUT2D eigenvalue weighted by atomic mass is 10.4. The predicted molar refractivity (Wildman–Crippen MR) is 56.6 cm³/mol. The Morgan fingerprint density at radius 1 is 1.17 bits per heavy atom. The zero-order valence-corrected chi connectivity index (χ0v) is 8.18. The summed E-state index contributed by atoms with van der Waals surface area (Å²) in [6, 6.07) is 10.5. The van der Waals surface area contributed by atoms with Gasteiger partial charge in [-0.2, -0.15) is 0 Å². The number of allylic oxidation sites excluding steroid dienone is 1. The van der Waals surface area contributed by atoms with Crippen LogP contribution in [0.3, 0.4) is 0 Å². The largest absolute Gasteiger partial charge is 0.122 e. The molecule has 12 heavy (non-hydrogen) atoms. The highest BCUT2D eigenvalue weighted by Gasteiger charge is 1.87. The summed E-state index contributed by atoms with van der Waals surface area (Å²) < 4.78 is 0. The molecule has 1 aromatic carbocycles. The second-order valence-corrected chi connectivity index (χ2v) is 3.60. The Kier molecular flexibility index (Phi) is 4.62. The van der Waals surface area contributed by atoms with Crippen molar-refractivity contribution in [3.05, 3.63) is 42.5 Å². The Morgan fingerprint density at radius 3 is 2.58 bits per heavy atom. The summed E-state index contributed by atoms with van der Waals surface area (Å²) in [5.74, 6) is 1.08. The van der Waals surface area contributed by atoms with Crippen LogP contribution >= 0.6 is 11.8 Å². The average molecular weight is 178 g/mol. The smallest absolute Gasteiger partial charge is 0.0160 e. The van der Waals surface area contributed by atoms with E-state index >= 15 is 0 Å². The zero-order valence-electron chi connectivity index (χ0n) is 7.36. The fourth-order valence-electron chi connectivity index (χ4n) is 0.896. The minimum Gasteiger partial charge on any atom is -0.122 e. The van der Waals surface area contributed by atoms with Crippen LogP contribution in [0.5, 0.6) is 0 Å². The normalized spacial score (nSPS) is 10.8. The highest BCUT2D eigenvalue weighted by molar-refractivity contribution is 7.99. The maximum Gasteiger partial charge on any atom is 0.0160 e. The summed E-state index contributed by atoms with van der Waals surface area (Å²) in [6.07, 6.45) is 5.56. The Hall–Kier alpha value is -0.690. The van der Waals surface area contributed by atoms with E-state index in [0.29, 0.717) is 0 Å². The lowest BCUT2D eigenvalue weighted by Gasteiger charge is -1.95. The Morgan fingerprint density at radius 2 is 1.92 bits per heavy atom. The Bertz CT molecular complexity index is 226. The molecular weight excluding hydrogens is 164 g/mol. The molecule has 64 valence electrons. The molecule has 0 bridgehead atoms. The first-order valence-corrected chi connectivity index (χ1v) is 5.25. The fraction of sp³-hybridized carbons (Fsp3) is 0.273. The van der Waals surface area contributed by atoms with Gasteiger partial charge in [0.05, 0.1) is 0 Å². The van der Waals surface area contributed by atoms with Gasteiger partial charge in [0.1, 0.15) is 0 Å². The first kappa shape index (κ1) is 9.40. The lowest BCUT2D eigenvalue weighted by molar-refractivity contribution is 1.22. The van der Waals surface area contributed by atoms with Gasteiger partial charge in [-0.25, -0.2) is 0 Å². The van der Waals surface area contributed by atoms with Gasteiger partial charge >= 0.3 is 0 Å². The van der Waals surface area contributed by atoms with Gasteiger partial charge in [-0.1, -0.05) is 37.3 Å². The van der Waals surface area contributed by atoms with Crippen molar-refractivity contribution >= 4 is 11.8 Å². The predicted octanol–water partition coefficient (Wildman–Crippen LogP) is 3.74. The molecule has 0 N–H and O–H groups in total. The van der Waals surface area contributed by atoms with Gasteiger partial charge in [0.15, 0.2) is 0 Å². The maximum atomic E-state index is 2.22. The van der Waals surface area contributed by atoms with Crippen molar-refractivity contribution in [3.8, 4) is 0 Å². The molecule has 1 aromatic rings. The minimum atomic E-state index is 1.08. The monoisotopic (exact) mass is 178 g/mol. The lowest BCUT2D eigenvalue weighted by Crippen LogP contribution is -1.72. The first-order valence-electron chi connectivity index (χ1n) is 4.26. The fourth-order valence-corrected chi connectivity index (χ4v) is 1.67. The molecule has 0 atom stereocenters. The Balaban J connectivity index is 2.29. The summed E-state index contributed by atoms with van der Waals surface area (Å²) in [7, 11) is 0. The number of thioether (sulfide) groups is 1. The Labute approximate surface area is 78.7 Å². The van der Waals surface area contributed by atoms with E-state index in [1.54, 1.807) is 0 Å². The number of hydrogen-bond acceptors (Lipinski definition) is 1. The van der Waals surface area contributed by atoms with Gasteiger partial charge in [-0.15, -0.1) is 11.8 Å². The van der Waals surface area contributed by atoms with Crippen molar-refractivity contribution in [1.82, 2.24) is 0 Å². The quantitative estimate of drug-likeness (QED) is 0.500. The van der Waals surface area contributed by atoms with Crippen LogP contribution in [0.15, 0.2) is 47.4 Å². The van der Waals surface area contributed by atoms with Crippen LogP contribution < -0.4 is 0 Å². The minimum absolute atomic E-state index is 1.08. The molecule has 0 fully saturated rings. The van der Waals surface area contributed by atoms with Crippen molar-refractivity contribution in [2.75, 3.05) is 5.75 Å². The molecule has 0 saturated heterocycles. The second-order valence-electron chi connectivity index (χ2n) is 2.50. The number of rotatable bonds is 4. The van der Waals surface area contributed by atoms with E-state index in [4.69, 9.17) is 0 Å². The molecule has 0 aliphatic carbocycles. The van der Waals surface area contributed by atoms with E-state index in [1.807, 2.05) is 17.8 Å². The van der Waals surface area contributed by atoms with E-state index < -0.39 is 0 Å². The van der Waals surface area contributed by atoms with E-state index in [1.165, 1.54) is 4.90 Å². The van der Waals surface area contributed by atoms with Gasteiger partial charge in [-0.3, -0.25) is 0 Å². The molecule has 0 spiro atoms. The summed E-state index contributed by atoms with van der Waals surface area (Å²) in [4.78, 5) is 1.35. The van der Waals surface area contributed by atoms with E-state index in [0.717, 1.165) is 12.2 Å². The van der Waals surface area contributed by atoms with Crippen LogP contribution in [0.25, 0.3) is 0 Å². The van der Waals surface area contributed by atoms with E-state index in [-0.39, 0.29) is 0 Å². The molecule has 0 nitrogen and oxygen atoms in total. The van der Waals surface area contributed by atoms with E-state index in [9.17, 15) is 0 Å². The van der Waals surface area contributed by atoms with Gasteiger partial charge in [-0.05, 0) is 18.6 Å². The first-order chi connectivity index (χ1) is 5.93.